The average molecular weight is 287 g/mol. The van der Waals surface area contributed by atoms with E-state index in [1.54, 1.807) is 0 Å². The van der Waals surface area contributed by atoms with Crippen LogP contribution in [0.1, 0.15) is 37.3 Å². The van der Waals surface area contributed by atoms with E-state index in [2.05, 4.69) is 41.2 Å². The summed E-state index contributed by atoms with van der Waals surface area (Å²) in [7, 11) is 0. The van der Waals surface area contributed by atoms with Gasteiger partial charge in [0.2, 0.25) is 0 Å². The molecule has 1 N–H and O–H groups in total. The van der Waals surface area contributed by atoms with Crippen LogP contribution in [-0.4, -0.2) is 23.0 Å². The summed E-state index contributed by atoms with van der Waals surface area (Å²) in [5, 5.41) is 3.39. The Morgan fingerprint density at radius 2 is 2.14 bits per heavy atom. The maximum absolute atomic E-state index is 5.66. The van der Waals surface area contributed by atoms with Gasteiger partial charge in [-0.2, -0.15) is 0 Å². The Hall–Kier alpha value is -1.65. The molecule has 0 bridgehead atoms. The summed E-state index contributed by atoms with van der Waals surface area (Å²) in [6.45, 7) is 8.90. The van der Waals surface area contributed by atoms with Gasteiger partial charge in [0.1, 0.15) is 5.76 Å². The molecule has 0 aliphatic carbocycles. The van der Waals surface area contributed by atoms with Gasteiger partial charge in [-0.25, -0.2) is 0 Å². The van der Waals surface area contributed by atoms with Gasteiger partial charge >= 0.3 is 0 Å². The van der Waals surface area contributed by atoms with Crippen LogP contribution in [-0.2, 0) is 19.6 Å². The topological polar surface area (TPSA) is 41.3 Å². The van der Waals surface area contributed by atoms with Crippen LogP contribution in [0.5, 0.6) is 0 Å². The molecular weight excluding hydrogens is 262 g/mol. The van der Waals surface area contributed by atoms with Crippen LogP contribution in [0.2, 0.25) is 0 Å². The van der Waals surface area contributed by atoms with E-state index in [9.17, 15) is 0 Å². The molecule has 0 spiro atoms. The molecular formula is C17H25N3O. The lowest BCUT2D eigenvalue weighted by Gasteiger charge is -2.18. The minimum absolute atomic E-state index is 0.820. The lowest BCUT2D eigenvalue weighted by Crippen LogP contribution is -2.22. The first-order valence-corrected chi connectivity index (χ1v) is 7.71. The zero-order valence-electron chi connectivity index (χ0n) is 13.0. The Morgan fingerprint density at radius 1 is 1.24 bits per heavy atom. The molecule has 0 amide bonds. The molecule has 0 aliphatic heterocycles. The highest BCUT2D eigenvalue weighted by Gasteiger charge is 2.09. The van der Waals surface area contributed by atoms with Gasteiger partial charge in [-0.15, -0.1) is 0 Å². The van der Waals surface area contributed by atoms with Crippen molar-refractivity contribution in [1.29, 1.82) is 0 Å². The molecule has 2 heterocycles. The van der Waals surface area contributed by atoms with Gasteiger partial charge in [0.05, 0.1) is 18.5 Å². The third-order valence-electron chi connectivity index (χ3n) is 3.40. The van der Waals surface area contributed by atoms with Crippen molar-refractivity contribution in [2.75, 3.05) is 13.1 Å². The summed E-state index contributed by atoms with van der Waals surface area (Å²) >= 11 is 0. The second kappa shape index (κ2) is 8.60. The number of aromatic nitrogens is 1. The molecule has 4 nitrogen and oxygen atoms in total. The van der Waals surface area contributed by atoms with Gasteiger partial charge in [0, 0.05) is 24.8 Å². The molecule has 0 aliphatic rings. The van der Waals surface area contributed by atoms with Gasteiger partial charge < -0.3 is 9.73 Å². The predicted molar refractivity (Wildman–Crippen MR) is 84.7 cm³/mol. The van der Waals surface area contributed by atoms with Crippen LogP contribution >= 0.6 is 0 Å². The SMILES string of the molecule is CCCNCc1coc(CN(CC)Cc2ccccn2)c1. The molecule has 2 rings (SSSR count). The smallest absolute Gasteiger partial charge is 0.118 e. The number of hydrogen-bond donors (Lipinski definition) is 1. The molecule has 114 valence electrons. The monoisotopic (exact) mass is 287 g/mol. The third kappa shape index (κ3) is 5.33. The van der Waals surface area contributed by atoms with E-state index >= 15 is 0 Å². The zero-order valence-corrected chi connectivity index (χ0v) is 13.0. The van der Waals surface area contributed by atoms with E-state index in [-0.39, 0.29) is 0 Å². The fourth-order valence-electron chi connectivity index (χ4n) is 2.23. The maximum atomic E-state index is 5.66. The first-order valence-electron chi connectivity index (χ1n) is 7.71. The van der Waals surface area contributed by atoms with Crippen molar-refractivity contribution in [3.05, 3.63) is 53.7 Å². The Balaban J connectivity index is 1.86. The van der Waals surface area contributed by atoms with Crippen LogP contribution in [0.3, 0.4) is 0 Å². The predicted octanol–water partition coefficient (Wildman–Crippen LogP) is 3.20. The Morgan fingerprint density at radius 3 is 2.86 bits per heavy atom. The maximum Gasteiger partial charge on any atom is 0.118 e. The van der Waals surface area contributed by atoms with E-state index in [4.69, 9.17) is 4.42 Å². The molecule has 0 unspecified atom stereocenters. The van der Waals surface area contributed by atoms with E-state index in [1.165, 1.54) is 5.56 Å². The fourth-order valence-corrected chi connectivity index (χ4v) is 2.23. The fraction of sp³-hybridized carbons (Fsp3) is 0.471. The Bertz CT molecular complexity index is 510. The lowest BCUT2D eigenvalue weighted by atomic mass is 10.2. The van der Waals surface area contributed by atoms with E-state index < -0.39 is 0 Å². The van der Waals surface area contributed by atoms with Crippen LogP contribution in [0.15, 0.2) is 41.1 Å². The lowest BCUT2D eigenvalue weighted by molar-refractivity contribution is 0.245. The van der Waals surface area contributed by atoms with Crippen molar-refractivity contribution < 1.29 is 4.42 Å². The standard InChI is InChI=1S/C17H25N3O/c1-3-8-18-11-15-10-17(21-14-15)13-20(4-2)12-16-7-5-6-9-19-16/h5-7,9-10,14,18H,3-4,8,11-13H2,1-2H3. The average Bonchev–Trinajstić information content (AvgIpc) is 2.95. The summed E-state index contributed by atoms with van der Waals surface area (Å²) < 4.78 is 5.66. The number of hydrogen-bond acceptors (Lipinski definition) is 4. The summed E-state index contributed by atoms with van der Waals surface area (Å²) in [6.07, 6.45) is 4.85. The van der Waals surface area contributed by atoms with Crippen LogP contribution in [0.4, 0.5) is 0 Å². The molecule has 21 heavy (non-hydrogen) atoms. The summed E-state index contributed by atoms with van der Waals surface area (Å²) in [4.78, 5) is 6.70. The summed E-state index contributed by atoms with van der Waals surface area (Å²) in [5.74, 6) is 1.01. The molecule has 0 atom stereocenters. The number of rotatable bonds is 9. The molecule has 0 saturated heterocycles. The van der Waals surface area contributed by atoms with E-state index in [0.29, 0.717) is 0 Å². The largest absolute Gasteiger partial charge is 0.468 e. The quantitative estimate of drug-likeness (QED) is 0.719. The Kier molecular flexibility index (Phi) is 6.44. The highest BCUT2D eigenvalue weighted by molar-refractivity contribution is 5.13. The van der Waals surface area contributed by atoms with Crippen LogP contribution in [0, 0.1) is 0 Å². The van der Waals surface area contributed by atoms with Gasteiger partial charge in [-0.3, -0.25) is 9.88 Å². The van der Waals surface area contributed by atoms with Crippen molar-refractivity contribution in [2.24, 2.45) is 0 Å². The van der Waals surface area contributed by atoms with Crippen molar-refractivity contribution in [2.45, 2.75) is 39.9 Å². The first-order chi connectivity index (χ1) is 10.3. The number of nitrogens with one attached hydrogen (secondary N) is 1. The zero-order chi connectivity index (χ0) is 14.9. The second-order valence-electron chi connectivity index (χ2n) is 5.22. The van der Waals surface area contributed by atoms with E-state index in [0.717, 1.165) is 50.6 Å². The Labute approximate surface area is 127 Å². The van der Waals surface area contributed by atoms with Gasteiger partial charge in [0.25, 0.3) is 0 Å². The van der Waals surface area contributed by atoms with Crippen molar-refractivity contribution in [1.82, 2.24) is 15.2 Å². The van der Waals surface area contributed by atoms with Gasteiger partial charge in [0.15, 0.2) is 0 Å². The summed E-state index contributed by atoms with van der Waals surface area (Å²) in [5.41, 5.74) is 2.31. The van der Waals surface area contributed by atoms with Crippen molar-refractivity contribution >= 4 is 0 Å². The molecule has 0 fully saturated rings. The minimum atomic E-state index is 0.820. The van der Waals surface area contributed by atoms with E-state index in [1.807, 2.05) is 24.6 Å². The molecule has 0 saturated carbocycles. The molecule has 2 aromatic heterocycles. The van der Waals surface area contributed by atoms with Crippen molar-refractivity contribution in [3.63, 3.8) is 0 Å². The van der Waals surface area contributed by atoms with Crippen molar-refractivity contribution in [3.8, 4) is 0 Å². The molecule has 0 radical (unpaired) electrons. The second-order valence-corrected chi connectivity index (χ2v) is 5.22. The summed E-state index contributed by atoms with van der Waals surface area (Å²) in [6, 6.07) is 8.18. The number of pyridine rings is 1. The van der Waals surface area contributed by atoms with Crippen LogP contribution < -0.4 is 5.32 Å². The van der Waals surface area contributed by atoms with Gasteiger partial charge in [-0.05, 0) is 37.7 Å². The number of nitrogens with zero attached hydrogens (tertiary/aromatic N) is 2. The molecule has 2 aromatic rings. The first kappa shape index (κ1) is 15.7. The third-order valence-corrected chi connectivity index (χ3v) is 3.40. The highest BCUT2D eigenvalue weighted by atomic mass is 16.3. The minimum Gasteiger partial charge on any atom is -0.468 e. The van der Waals surface area contributed by atoms with Gasteiger partial charge in [-0.1, -0.05) is 19.9 Å². The highest BCUT2D eigenvalue weighted by Crippen LogP contribution is 2.12. The molecule has 4 heteroatoms. The normalized spacial score (nSPS) is 11.2. The molecule has 0 aromatic carbocycles. The number of furan rings is 1. The van der Waals surface area contributed by atoms with Crippen LogP contribution in [0.25, 0.3) is 0 Å².